The van der Waals surface area contributed by atoms with Crippen LogP contribution < -0.4 is 10.0 Å². The molecule has 3 aromatic carbocycles. The summed E-state index contributed by atoms with van der Waals surface area (Å²) in [5, 5.41) is 1.47. The molecule has 0 aliphatic carbocycles. The molecule has 0 N–H and O–H groups in total. The van der Waals surface area contributed by atoms with E-state index >= 15 is 0 Å². The lowest BCUT2D eigenvalue weighted by molar-refractivity contribution is -0.139. The first-order valence-electron chi connectivity index (χ1n) is 10.4. The summed E-state index contributed by atoms with van der Waals surface area (Å²) in [6, 6.07) is 20.9. The third kappa shape index (κ3) is 4.57. The van der Waals surface area contributed by atoms with Crippen molar-refractivity contribution in [1.82, 2.24) is 0 Å². The molecule has 3 aromatic rings. The first-order valence-corrected chi connectivity index (χ1v) is 11.6. The summed E-state index contributed by atoms with van der Waals surface area (Å²) in [4.78, 5) is 12.2. The molecule has 1 atom stereocenters. The Kier molecular flexibility index (Phi) is 6.50. The predicted molar refractivity (Wildman–Crippen MR) is 124 cm³/mol. The molecule has 30 heavy (non-hydrogen) atoms. The fourth-order valence-corrected chi connectivity index (χ4v) is 5.23. The van der Waals surface area contributed by atoms with E-state index in [0.29, 0.717) is 6.61 Å². The molecule has 1 aliphatic heterocycles. The van der Waals surface area contributed by atoms with Crippen LogP contribution in [0.4, 0.5) is 0 Å². The van der Waals surface area contributed by atoms with Crippen molar-refractivity contribution in [3.63, 3.8) is 0 Å². The van der Waals surface area contributed by atoms with Crippen LogP contribution in [0.3, 0.4) is 0 Å². The van der Waals surface area contributed by atoms with Crippen LogP contribution in [0.15, 0.2) is 60.7 Å². The van der Waals surface area contributed by atoms with Crippen molar-refractivity contribution >= 4 is 19.9 Å². The van der Waals surface area contributed by atoms with Gasteiger partial charge in [-0.15, -0.1) is 0 Å². The van der Waals surface area contributed by atoms with E-state index in [1.807, 2.05) is 37.3 Å². The quantitative estimate of drug-likeness (QED) is 0.407. The van der Waals surface area contributed by atoms with Gasteiger partial charge in [-0.25, -0.2) is 0 Å². The lowest BCUT2D eigenvalue weighted by Crippen LogP contribution is -2.12. The van der Waals surface area contributed by atoms with E-state index in [1.165, 1.54) is 30.6 Å². The number of carbonyl (C=O) groups excluding carboxylic acids is 1. The van der Waals surface area contributed by atoms with Gasteiger partial charge in [0.25, 0.3) is 0 Å². The van der Waals surface area contributed by atoms with Crippen molar-refractivity contribution in [2.24, 2.45) is 0 Å². The van der Waals surface area contributed by atoms with Gasteiger partial charge in [0.05, 0.1) is 13.5 Å². The van der Waals surface area contributed by atoms with Crippen LogP contribution in [0, 0.1) is 6.92 Å². The molecule has 4 rings (SSSR count). The average Bonchev–Trinajstić information content (AvgIpc) is 2.79. The average molecular weight is 418 g/mol. The Balaban J connectivity index is 1.78. The van der Waals surface area contributed by atoms with Crippen LogP contribution in [-0.4, -0.2) is 19.2 Å². The highest BCUT2D eigenvalue weighted by Crippen LogP contribution is 2.38. The zero-order chi connectivity index (χ0) is 20.9. The summed E-state index contributed by atoms with van der Waals surface area (Å²) in [6.07, 6.45) is 3.89. The van der Waals surface area contributed by atoms with Crippen molar-refractivity contribution in [3.05, 3.63) is 82.9 Å². The second kappa shape index (κ2) is 9.45. The number of esters is 1. The Morgan fingerprint density at radius 1 is 1.07 bits per heavy atom. The van der Waals surface area contributed by atoms with E-state index in [1.54, 1.807) is 0 Å². The van der Waals surface area contributed by atoms with Crippen LogP contribution >= 0.6 is 8.58 Å². The Bertz CT molecular complexity index is 1040. The van der Waals surface area contributed by atoms with Gasteiger partial charge in [0.15, 0.2) is 0 Å². The van der Waals surface area contributed by atoms with Crippen LogP contribution in [0.5, 0.6) is 5.75 Å². The van der Waals surface area contributed by atoms with Crippen LogP contribution in [-0.2, 0) is 29.0 Å². The molecule has 1 unspecified atom stereocenters. The molecular formula is C26H27O3P. The van der Waals surface area contributed by atoms with Crippen LogP contribution in [0.1, 0.15) is 28.7 Å². The molecule has 0 bridgehead atoms. The largest absolute Gasteiger partial charge is 0.488 e. The van der Waals surface area contributed by atoms with Gasteiger partial charge in [0, 0.05) is 5.56 Å². The van der Waals surface area contributed by atoms with Gasteiger partial charge in [0.1, 0.15) is 12.4 Å². The monoisotopic (exact) mass is 418 g/mol. The van der Waals surface area contributed by atoms with E-state index in [-0.39, 0.29) is 12.4 Å². The van der Waals surface area contributed by atoms with Gasteiger partial charge in [0.2, 0.25) is 0 Å². The summed E-state index contributed by atoms with van der Waals surface area (Å²) >= 11 is 0. The Labute approximate surface area is 180 Å². The Morgan fingerprint density at radius 3 is 2.70 bits per heavy atom. The van der Waals surface area contributed by atoms with Crippen LogP contribution in [0.2, 0.25) is 0 Å². The van der Waals surface area contributed by atoms with E-state index in [0.717, 1.165) is 48.6 Å². The fourth-order valence-electron chi connectivity index (χ4n) is 3.98. The number of rotatable bonds is 6. The predicted octanol–water partition coefficient (Wildman–Crippen LogP) is 5.21. The summed E-state index contributed by atoms with van der Waals surface area (Å²) in [7, 11) is 2.33. The Morgan fingerprint density at radius 2 is 1.90 bits per heavy atom. The molecule has 1 heterocycles. The van der Waals surface area contributed by atoms with Crippen molar-refractivity contribution in [2.75, 3.05) is 13.3 Å². The molecule has 1 aliphatic rings. The number of ether oxygens (including phenoxy) is 2. The molecule has 0 amide bonds. The van der Waals surface area contributed by atoms with E-state index < -0.39 is 0 Å². The van der Waals surface area contributed by atoms with Gasteiger partial charge in [-0.05, 0) is 65.1 Å². The minimum atomic E-state index is -0.237. The zero-order valence-electron chi connectivity index (χ0n) is 17.5. The normalized spacial score (nSPS) is 13.7. The van der Waals surface area contributed by atoms with Gasteiger partial charge >= 0.3 is 5.97 Å². The smallest absolute Gasteiger partial charge is 0.310 e. The van der Waals surface area contributed by atoms with E-state index in [4.69, 9.17) is 9.47 Å². The van der Waals surface area contributed by atoms with Crippen LogP contribution in [0.25, 0.3) is 11.1 Å². The lowest BCUT2D eigenvalue weighted by Gasteiger charge is -2.21. The molecule has 0 spiro atoms. The third-order valence-electron chi connectivity index (χ3n) is 5.63. The minimum Gasteiger partial charge on any atom is -0.488 e. The molecule has 3 nitrogen and oxygen atoms in total. The maximum Gasteiger partial charge on any atom is 0.310 e. The highest BCUT2D eigenvalue weighted by molar-refractivity contribution is 7.47. The second-order valence-corrected chi connectivity index (χ2v) is 9.06. The number of fused-ring (bicyclic) bond motifs is 1. The Hall–Kier alpha value is -2.64. The first kappa shape index (κ1) is 20.6. The molecule has 154 valence electrons. The lowest BCUT2D eigenvalue weighted by atomic mass is 9.91. The number of hydrogen-bond acceptors (Lipinski definition) is 3. The number of aryl methyl sites for hydroxylation is 2. The molecule has 0 radical (unpaired) electrons. The SMILES string of the molecule is COC(=O)Cc1c(C)ccc(OCc2ccccc2)c1-c1ccc2c(c1)CCCP2. The number of benzene rings is 3. The van der Waals surface area contributed by atoms with Gasteiger partial charge in [-0.1, -0.05) is 63.2 Å². The third-order valence-corrected chi connectivity index (χ3v) is 7.10. The van der Waals surface area contributed by atoms with Crippen molar-refractivity contribution in [2.45, 2.75) is 32.8 Å². The fraction of sp³-hybridized carbons (Fsp3) is 0.269. The maximum atomic E-state index is 12.2. The molecule has 0 aromatic heterocycles. The zero-order valence-corrected chi connectivity index (χ0v) is 18.5. The highest BCUT2D eigenvalue weighted by atomic mass is 31.1. The maximum absolute atomic E-state index is 12.2. The highest BCUT2D eigenvalue weighted by Gasteiger charge is 2.19. The number of carbonyl (C=O) groups is 1. The number of methoxy groups -OCH3 is 1. The van der Waals surface area contributed by atoms with Gasteiger partial charge in [-0.2, -0.15) is 0 Å². The molecule has 0 saturated heterocycles. The topological polar surface area (TPSA) is 35.5 Å². The summed E-state index contributed by atoms with van der Waals surface area (Å²) in [6.45, 7) is 2.53. The van der Waals surface area contributed by atoms with Crippen molar-refractivity contribution in [3.8, 4) is 16.9 Å². The van der Waals surface area contributed by atoms with Gasteiger partial charge in [-0.3, -0.25) is 4.79 Å². The molecule has 0 fully saturated rings. The van der Waals surface area contributed by atoms with Crippen molar-refractivity contribution < 1.29 is 14.3 Å². The molecular weight excluding hydrogens is 391 g/mol. The summed E-state index contributed by atoms with van der Waals surface area (Å²) in [5.41, 5.74) is 6.72. The van der Waals surface area contributed by atoms with Crippen molar-refractivity contribution in [1.29, 1.82) is 0 Å². The van der Waals surface area contributed by atoms with Gasteiger partial charge < -0.3 is 9.47 Å². The first-order chi connectivity index (χ1) is 14.7. The van der Waals surface area contributed by atoms with E-state index in [9.17, 15) is 4.79 Å². The number of hydrogen-bond donors (Lipinski definition) is 0. The minimum absolute atomic E-state index is 0.235. The molecule has 4 heteroatoms. The molecule has 0 saturated carbocycles. The standard InChI is InChI=1S/C26H27O3P/c1-18-10-12-23(29-17-19-7-4-3-5-8-19)26(22(18)16-25(27)28-2)21-11-13-24-20(15-21)9-6-14-30-24/h3-5,7-8,10-13,15,30H,6,9,14,16-17H2,1-2H3. The summed E-state index contributed by atoms with van der Waals surface area (Å²) < 4.78 is 11.3. The second-order valence-electron chi connectivity index (χ2n) is 7.66. The summed E-state index contributed by atoms with van der Waals surface area (Å²) in [5.74, 6) is 0.570. The van der Waals surface area contributed by atoms with E-state index in [2.05, 4.69) is 30.3 Å².